The maximum atomic E-state index is 12.9. The Balaban J connectivity index is 1.52. The highest BCUT2D eigenvalue weighted by Crippen LogP contribution is 2.35. The predicted octanol–water partition coefficient (Wildman–Crippen LogP) is 4.91. The minimum absolute atomic E-state index is 0.0587. The van der Waals surface area contributed by atoms with Gasteiger partial charge in [-0.05, 0) is 55.0 Å². The summed E-state index contributed by atoms with van der Waals surface area (Å²) in [6.45, 7) is 4.02. The third-order valence-electron chi connectivity index (χ3n) is 5.77. The number of aryl methyl sites for hydroxylation is 1. The number of methoxy groups -OCH3 is 1. The molecule has 3 aromatic rings. The highest BCUT2D eigenvalue weighted by molar-refractivity contribution is 6.03. The van der Waals surface area contributed by atoms with Gasteiger partial charge in [-0.2, -0.15) is 0 Å². The van der Waals surface area contributed by atoms with E-state index in [1.807, 2.05) is 62.4 Å². The van der Waals surface area contributed by atoms with Crippen LogP contribution in [0.3, 0.4) is 0 Å². The lowest BCUT2D eigenvalue weighted by molar-refractivity contribution is 0.0465. The summed E-state index contributed by atoms with van der Waals surface area (Å²) in [6.07, 6.45) is 1.11. The number of carbonyl (C=O) groups is 2. The van der Waals surface area contributed by atoms with Crippen molar-refractivity contribution < 1.29 is 19.1 Å². The fraction of sp³-hybridized carbons (Fsp3) is 0.280. The van der Waals surface area contributed by atoms with Crippen LogP contribution in [0.1, 0.15) is 61.1 Å². The van der Waals surface area contributed by atoms with Crippen molar-refractivity contribution in [3.8, 4) is 5.75 Å². The Morgan fingerprint density at radius 3 is 2.40 bits per heavy atom. The van der Waals surface area contributed by atoms with Crippen molar-refractivity contribution in [3.05, 3.63) is 87.7 Å². The zero-order chi connectivity index (χ0) is 21.3. The van der Waals surface area contributed by atoms with E-state index in [9.17, 15) is 9.59 Å². The van der Waals surface area contributed by atoms with Gasteiger partial charge in [-0.3, -0.25) is 4.79 Å². The highest BCUT2D eigenvalue weighted by Gasteiger charge is 2.32. The van der Waals surface area contributed by atoms with Crippen LogP contribution in [-0.2, 0) is 17.8 Å². The Bertz CT molecular complexity index is 1080. The summed E-state index contributed by atoms with van der Waals surface area (Å²) in [5, 5.41) is 0. The molecule has 1 aliphatic carbocycles. The molecule has 0 amide bonds. The monoisotopic (exact) mass is 403 g/mol. The number of fused-ring (bicyclic) bond motifs is 1. The zero-order valence-corrected chi connectivity index (χ0v) is 17.5. The van der Waals surface area contributed by atoms with Gasteiger partial charge in [0.15, 0.2) is 5.78 Å². The second-order valence-electron chi connectivity index (χ2n) is 7.84. The number of hydrogen-bond donors (Lipinski definition) is 1. The van der Waals surface area contributed by atoms with Gasteiger partial charge in [0.25, 0.3) is 0 Å². The molecule has 0 radical (unpaired) electrons. The van der Waals surface area contributed by atoms with Gasteiger partial charge in [-0.15, -0.1) is 0 Å². The Morgan fingerprint density at radius 1 is 1.03 bits per heavy atom. The number of Topliss-reactive ketones (excluding diaryl/α,β-unsaturated/α-hetero) is 1. The lowest BCUT2D eigenvalue weighted by Gasteiger charge is -2.22. The molecule has 30 heavy (non-hydrogen) atoms. The van der Waals surface area contributed by atoms with Crippen LogP contribution in [-0.4, -0.2) is 23.8 Å². The van der Waals surface area contributed by atoms with Crippen LogP contribution >= 0.6 is 0 Å². The van der Waals surface area contributed by atoms with Gasteiger partial charge in [0, 0.05) is 17.7 Å². The second kappa shape index (κ2) is 8.19. The maximum absolute atomic E-state index is 12.9. The van der Waals surface area contributed by atoms with E-state index in [2.05, 4.69) is 4.98 Å². The fourth-order valence-electron chi connectivity index (χ4n) is 4.05. The third kappa shape index (κ3) is 3.88. The average molecular weight is 403 g/mol. The summed E-state index contributed by atoms with van der Waals surface area (Å²) in [5.74, 6) is 0.487. The average Bonchev–Trinajstić information content (AvgIpc) is 3.10. The van der Waals surface area contributed by atoms with Gasteiger partial charge in [0.05, 0.1) is 7.11 Å². The summed E-state index contributed by atoms with van der Waals surface area (Å²) in [5.41, 5.74) is 5.67. The first-order valence-corrected chi connectivity index (χ1v) is 10.1. The fourth-order valence-corrected chi connectivity index (χ4v) is 4.05. The molecule has 0 fully saturated rings. The van der Waals surface area contributed by atoms with Gasteiger partial charge in [0.2, 0.25) is 0 Å². The number of carbonyl (C=O) groups excluding carboxylic acids is 2. The number of aromatic amines is 1. The van der Waals surface area contributed by atoms with Crippen LogP contribution in [0.4, 0.5) is 0 Å². The number of ether oxygens (including phenoxy) is 2. The summed E-state index contributed by atoms with van der Waals surface area (Å²) in [7, 11) is 1.63. The van der Waals surface area contributed by atoms with Crippen molar-refractivity contribution in [2.75, 3.05) is 7.11 Å². The van der Waals surface area contributed by atoms with E-state index in [0.29, 0.717) is 29.7 Å². The Labute approximate surface area is 176 Å². The number of aromatic nitrogens is 1. The largest absolute Gasteiger partial charge is 0.497 e. The van der Waals surface area contributed by atoms with Crippen LogP contribution in [0, 0.1) is 13.8 Å². The first kappa shape index (κ1) is 20.0. The number of nitrogens with one attached hydrogen (secondary N) is 1. The number of rotatable bonds is 5. The summed E-state index contributed by atoms with van der Waals surface area (Å²) >= 11 is 0. The molecule has 154 valence electrons. The molecule has 1 heterocycles. The molecule has 5 nitrogen and oxygen atoms in total. The number of benzene rings is 2. The van der Waals surface area contributed by atoms with E-state index < -0.39 is 5.97 Å². The zero-order valence-electron chi connectivity index (χ0n) is 17.5. The highest BCUT2D eigenvalue weighted by atomic mass is 16.5. The summed E-state index contributed by atoms with van der Waals surface area (Å²) < 4.78 is 10.7. The van der Waals surface area contributed by atoms with Gasteiger partial charge in [0.1, 0.15) is 18.1 Å². The first-order chi connectivity index (χ1) is 14.5. The van der Waals surface area contributed by atoms with Crippen LogP contribution in [0.5, 0.6) is 5.75 Å². The van der Waals surface area contributed by atoms with Gasteiger partial charge < -0.3 is 14.5 Å². The Hall–Kier alpha value is -3.34. The third-order valence-corrected chi connectivity index (χ3v) is 5.77. The van der Waals surface area contributed by atoms with Gasteiger partial charge >= 0.3 is 5.97 Å². The molecule has 5 heteroatoms. The van der Waals surface area contributed by atoms with E-state index in [1.54, 1.807) is 7.11 Å². The molecule has 1 aliphatic rings. The number of hydrogen-bond acceptors (Lipinski definition) is 4. The number of esters is 1. The Kier molecular flexibility index (Phi) is 5.44. The van der Waals surface area contributed by atoms with Gasteiger partial charge in [-0.25, -0.2) is 4.79 Å². The van der Waals surface area contributed by atoms with Crippen molar-refractivity contribution in [2.45, 2.75) is 39.2 Å². The SMILES string of the molecule is COc1ccc([C@H]2CC(=O)c3c([nH]c(C(=O)OCc4ccc(C)cc4)c3C)C2)cc1. The smallest absolute Gasteiger partial charge is 0.355 e. The number of H-pyrrole nitrogens is 1. The lowest BCUT2D eigenvalue weighted by Crippen LogP contribution is -2.18. The predicted molar refractivity (Wildman–Crippen MR) is 114 cm³/mol. The molecule has 0 saturated heterocycles. The van der Waals surface area contributed by atoms with E-state index in [0.717, 1.165) is 28.1 Å². The van der Waals surface area contributed by atoms with Crippen molar-refractivity contribution in [1.82, 2.24) is 4.98 Å². The normalized spacial score (nSPS) is 15.6. The van der Waals surface area contributed by atoms with Crippen molar-refractivity contribution >= 4 is 11.8 Å². The standard InChI is InChI=1S/C25H25NO4/c1-15-4-6-17(7-5-15)14-30-25(28)24-16(2)23-21(26-24)12-19(13-22(23)27)18-8-10-20(29-3)11-9-18/h4-11,19,26H,12-14H2,1-3H3/t19-/m1/s1. The van der Waals surface area contributed by atoms with Crippen LogP contribution in [0.15, 0.2) is 48.5 Å². The Morgan fingerprint density at radius 2 is 1.73 bits per heavy atom. The van der Waals surface area contributed by atoms with E-state index in [4.69, 9.17) is 9.47 Å². The molecule has 0 spiro atoms. The summed E-state index contributed by atoms with van der Waals surface area (Å²) in [6, 6.07) is 15.7. The topological polar surface area (TPSA) is 68.4 Å². The quantitative estimate of drug-likeness (QED) is 0.615. The van der Waals surface area contributed by atoms with Crippen LogP contribution in [0.2, 0.25) is 0 Å². The molecule has 4 rings (SSSR count). The first-order valence-electron chi connectivity index (χ1n) is 10.1. The van der Waals surface area contributed by atoms with Crippen LogP contribution in [0.25, 0.3) is 0 Å². The molecular weight excluding hydrogens is 378 g/mol. The van der Waals surface area contributed by atoms with Crippen LogP contribution < -0.4 is 4.74 Å². The molecule has 0 bridgehead atoms. The molecule has 1 atom stereocenters. The summed E-state index contributed by atoms with van der Waals surface area (Å²) in [4.78, 5) is 28.7. The van der Waals surface area contributed by atoms with E-state index in [-0.39, 0.29) is 18.3 Å². The van der Waals surface area contributed by atoms with E-state index >= 15 is 0 Å². The van der Waals surface area contributed by atoms with E-state index in [1.165, 1.54) is 0 Å². The van der Waals surface area contributed by atoms with Gasteiger partial charge in [-0.1, -0.05) is 42.0 Å². The second-order valence-corrected chi connectivity index (χ2v) is 7.84. The van der Waals surface area contributed by atoms with Crippen molar-refractivity contribution in [1.29, 1.82) is 0 Å². The molecule has 0 aliphatic heterocycles. The molecule has 1 aromatic heterocycles. The lowest BCUT2D eigenvalue weighted by atomic mass is 9.81. The van der Waals surface area contributed by atoms with Crippen molar-refractivity contribution in [3.63, 3.8) is 0 Å². The molecule has 1 N–H and O–H groups in total. The number of ketones is 1. The minimum atomic E-state index is -0.434. The molecule has 0 saturated carbocycles. The molecular formula is C25H25NO4. The maximum Gasteiger partial charge on any atom is 0.355 e. The minimum Gasteiger partial charge on any atom is -0.497 e. The molecule has 0 unspecified atom stereocenters. The van der Waals surface area contributed by atoms with Crippen molar-refractivity contribution in [2.24, 2.45) is 0 Å². The molecule has 2 aromatic carbocycles.